The maximum absolute atomic E-state index is 12.6. The molecule has 0 atom stereocenters. The van der Waals surface area contributed by atoms with Crippen molar-refractivity contribution in [1.29, 1.82) is 0 Å². The second kappa shape index (κ2) is 8.35. The Morgan fingerprint density at radius 2 is 1.92 bits per heavy atom. The summed E-state index contributed by atoms with van der Waals surface area (Å²) in [5, 5.41) is 6.01. The summed E-state index contributed by atoms with van der Waals surface area (Å²) in [5.41, 5.74) is -0.292. The predicted octanol–water partition coefficient (Wildman–Crippen LogP) is 0.808. The Hall–Kier alpha value is -1.79. The molecule has 138 valence electrons. The number of aliphatic imine (C=N–C) groups is 1. The first-order chi connectivity index (χ1) is 11.1. The molecule has 1 heterocycles. The molecule has 1 aliphatic rings. The van der Waals surface area contributed by atoms with Crippen molar-refractivity contribution in [3.63, 3.8) is 0 Å². The van der Waals surface area contributed by atoms with E-state index in [2.05, 4.69) is 29.5 Å². The topological polar surface area (TPSA) is 77.0 Å². The fourth-order valence-electron chi connectivity index (χ4n) is 3.25. The van der Waals surface area contributed by atoms with Crippen molar-refractivity contribution in [3.8, 4) is 0 Å². The zero-order chi connectivity index (χ0) is 18.5. The molecule has 0 radical (unpaired) electrons. The molecule has 0 saturated carbocycles. The molecular formula is C17H33N5O2. The van der Waals surface area contributed by atoms with Gasteiger partial charge in [0, 0.05) is 25.2 Å². The van der Waals surface area contributed by atoms with Crippen LogP contribution in [-0.4, -0.2) is 71.4 Å². The lowest BCUT2D eigenvalue weighted by Gasteiger charge is -2.49. The van der Waals surface area contributed by atoms with Gasteiger partial charge in [0.1, 0.15) is 6.54 Å². The number of carbonyl (C=O) groups excluding carboxylic acids is 2. The Balaban J connectivity index is 2.89. The predicted molar refractivity (Wildman–Crippen MR) is 96.9 cm³/mol. The number of amides is 2. The minimum atomic E-state index is -0.292. The Labute approximate surface area is 145 Å². The highest BCUT2D eigenvalue weighted by Gasteiger charge is 2.40. The number of nitrogens with one attached hydrogen (secondary N) is 2. The van der Waals surface area contributed by atoms with Crippen LogP contribution in [0.15, 0.2) is 4.99 Å². The second-order valence-corrected chi connectivity index (χ2v) is 7.42. The van der Waals surface area contributed by atoms with Gasteiger partial charge in [0.2, 0.25) is 11.8 Å². The average Bonchev–Trinajstić information content (AvgIpc) is 2.40. The highest BCUT2D eigenvalue weighted by molar-refractivity contribution is 5.90. The van der Waals surface area contributed by atoms with Crippen molar-refractivity contribution >= 4 is 17.8 Å². The maximum atomic E-state index is 12.6. The number of hydrogen-bond donors (Lipinski definition) is 2. The molecule has 1 rings (SSSR count). The van der Waals surface area contributed by atoms with E-state index >= 15 is 0 Å². The first-order valence-electron chi connectivity index (χ1n) is 8.73. The monoisotopic (exact) mass is 339 g/mol. The number of carbonyl (C=O) groups is 2. The minimum Gasteiger partial charge on any atom is -0.356 e. The zero-order valence-corrected chi connectivity index (χ0v) is 16.1. The maximum Gasteiger partial charge on any atom is 0.242 e. The number of rotatable bonds is 5. The molecule has 0 unspecified atom stereocenters. The molecule has 2 amide bonds. The van der Waals surface area contributed by atoms with E-state index in [4.69, 9.17) is 0 Å². The van der Waals surface area contributed by atoms with E-state index in [1.54, 1.807) is 0 Å². The third kappa shape index (κ3) is 5.39. The number of hydrogen-bond acceptors (Lipinski definition) is 3. The molecule has 1 aliphatic heterocycles. The highest BCUT2D eigenvalue weighted by Crippen LogP contribution is 2.24. The molecule has 1 fully saturated rings. The van der Waals surface area contributed by atoms with Gasteiger partial charge in [-0.3, -0.25) is 9.59 Å². The van der Waals surface area contributed by atoms with Crippen LogP contribution in [0, 0.1) is 0 Å². The van der Waals surface area contributed by atoms with Gasteiger partial charge >= 0.3 is 0 Å². The lowest BCUT2D eigenvalue weighted by molar-refractivity contribution is -0.145. The van der Waals surface area contributed by atoms with Gasteiger partial charge in [-0.2, -0.15) is 0 Å². The smallest absolute Gasteiger partial charge is 0.242 e. The molecule has 0 aromatic heterocycles. The molecule has 0 spiro atoms. The molecule has 2 N–H and O–H groups in total. The van der Waals surface area contributed by atoms with Crippen LogP contribution >= 0.6 is 0 Å². The molecule has 0 aliphatic carbocycles. The van der Waals surface area contributed by atoms with Gasteiger partial charge in [-0.05, 0) is 48.5 Å². The molecule has 1 saturated heterocycles. The fourth-order valence-corrected chi connectivity index (χ4v) is 3.25. The van der Waals surface area contributed by atoms with Gasteiger partial charge in [0.15, 0.2) is 5.96 Å². The van der Waals surface area contributed by atoms with Crippen molar-refractivity contribution in [2.45, 2.75) is 66.1 Å². The Kier molecular flexibility index (Phi) is 7.05. The summed E-state index contributed by atoms with van der Waals surface area (Å²) in [5.74, 6) is 0.575. The van der Waals surface area contributed by atoms with E-state index in [1.165, 1.54) is 0 Å². The summed E-state index contributed by atoms with van der Waals surface area (Å²) in [7, 11) is 0. The van der Waals surface area contributed by atoms with Crippen molar-refractivity contribution < 1.29 is 9.59 Å². The van der Waals surface area contributed by atoms with E-state index < -0.39 is 0 Å². The average molecular weight is 339 g/mol. The standard InChI is InChI=1S/C17H33N5O2/c1-8-18-16(19-9-14(23)20-12(2)3)21-10-15(24)22(13(4)5)17(6,7)11-21/h12-13H,8-11H2,1-7H3,(H,18,19)(H,20,23). The van der Waals surface area contributed by atoms with E-state index in [9.17, 15) is 9.59 Å². The first kappa shape index (κ1) is 20.3. The number of piperazine rings is 1. The summed E-state index contributed by atoms with van der Waals surface area (Å²) in [4.78, 5) is 32.7. The molecular weight excluding hydrogens is 306 g/mol. The lowest BCUT2D eigenvalue weighted by Crippen LogP contribution is -2.66. The van der Waals surface area contributed by atoms with E-state index in [1.807, 2.05) is 44.4 Å². The van der Waals surface area contributed by atoms with Crippen LogP contribution in [0.25, 0.3) is 0 Å². The van der Waals surface area contributed by atoms with Crippen LogP contribution in [0.3, 0.4) is 0 Å². The van der Waals surface area contributed by atoms with Crippen LogP contribution in [0.1, 0.15) is 48.5 Å². The van der Waals surface area contributed by atoms with Crippen LogP contribution in [0.5, 0.6) is 0 Å². The van der Waals surface area contributed by atoms with Gasteiger partial charge in [0.25, 0.3) is 0 Å². The summed E-state index contributed by atoms with van der Waals surface area (Å²) in [6, 6.07) is 0.247. The van der Waals surface area contributed by atoms with Crippen molar-refractivity contribution in [2.24, 2.45) is 4.99 Å². The normalized spacial score (nSPS) is 18.4. The molecule has 24 heavy (non-hydrogen) atoms. The third-order valence-electron chi connectivity index (χ3n) is 3.80. The molecule has 7 heteroatoms. The Bertz CT molecular complexity index is 485. The van der Waals surface area contributed by atoms with Gasteiger partial charge < -0.3 is 20.4 Å². The summed E-state index contributed by atoms with van der Waals surface area (Å²) >= 11 is 0. The quantitative estimate of drug-likeness (QED) is 0.574. The van der Waals surface area contributed by atoms with Gasteiger partial charge in [-0.15, -0.1) is 0 Å². The van der Waals surface area contributed by atoms with Crippen LogP contribution in [0.2, 0.25) is 0 Å². The Morgan fingerprint density at radius 3 is 2.38 bits per heavy atom. The van der Waals surface area contributed by atoms with Crippen molar-refractivity contribution in [3.05, 3.63) is 0 Å². The zero-order valence-electron chi connectivity index (χ0n) is 16.1. The van der Waals surface area contributed by atoms with E-state index in [0.29, 0.717) is 19.0 Å². The van der Waals surface area contributed by atoms with Crippen LogP contribution < -0.4 is 10.6 Å². The van der Waals surface area contributed by atoms with E-state index in [0.717, 1.165) is 0 Å². The number of guanidine groups is 1. The largest absolute Gasteiger partial charge is 0.356 e. The Morgan fingerprint density at radius 1 is 1.29 bits per heavy atom. The van der Waals surface area contributed by atoms with Crippen LogP contribution in [-0.2, 0) is 9.59 Å². The van der Waals surface area contributed by atoms with Gasteiger partial charge in [-0.25, -0.2) is 4.99 Å². The summed E-state index contributed by atoms with van der Waals surface area (Å²) in [6.07, 6.45) is 0. The lowest BCUT2D eigenvalue weighted by atomic mass is 9.96. The molecule has 7 nitrogen and oxygen atoms in total. The highest BCUT2D eigenvalue weighted by atomic mass is 16.2. The van der Waals surface area contributed by atoms with E-state index in [-0.39, 0.29) is 42.5 Å². The minimum absolute atomic E-state index is 0.0551. The first-order valence-corrected chi connectivity index (χ1v) is 8.73. The second-order valence-electron chi connectivity index (χ2n) is 7.42. The van der Waals surface area contributed by atoms with Crippen LogP contribution in [0.4, 0.5) is 0 Å². The molecule has 0 aromatic rings. The summed E-state index contributed by atoms with van der Waals surface area (Å²) < 4.78 is 0. The third-order valence-corrected chi connectivity index (χ3v) is 3.80. The number of nitrogens with zero attached hydrogens (tertiary/aromatic N) is 3. The van der Waals surface area contributed by atoms with Crippen molar-refractivity contribution in [2.75, 3.05) is 26.2 Å². The SMILES string of the molecule is CCNC(=NCC(=O)NC(C)C)N1CC(=O)N(C(C)C)C(C)(C)C1. The van der Waals surface area contributed by atoms with Gasteiger partial charge in [-0.1, -0.05) is 0 Å². The molecule has 0 bridgehead atoms. The fraction of sp³-hybridized carbons (Fsp3) is 0.824. The molecule has 0 aromatic carbocycles. The van der Waals surface area contributed by atoms with Gasteiger partial charge in [0.05, 0.1) is 12.1 Å². The van der Waals surface area contributed by atoms with Crippen molar-refractivity contribution in [1.82, 2.24) is 20.4 Å². The summed E-state index contributed by atoms with van der Waals surface area (Å²) in [6.45, 7) is 15.7.